The molecule has 8 rings (SSSR count). The molecule has 6 nitrogen and oxygen atoms in total. The Bertz CT molecular complexity index is 2540. The van der Waals surface area contributed by atoms with Gasteiger partial charge in [0.25, 0.3) is 0 Å². The molecule has 4 heterocycles. The molecule has 0 amide bonds. The fraction of sp³-hybridized carbons (Fsp3) is 0.182. The average Bonchev–Trinajstić information content (AvgIpc) is 4.04. The Kier molecular flexibility index (Phi) is 11.8. The summed E-state index contributed by atoms with van der Waals surface area (Å²) in [5.41, 5.74) is 2.31. The SMILES string of the molecule is CCOP(=O)(OCC)c1cc(-c2ccc(-c3cccc4ccccc34)s2)sc1-c1sc(-c2ccc(-c3cccc4ccccc34)s2)cc1P(=O)(OCC)OCC. The lowest BCUT2D eigenvalue weighted by Crippen LogP contribution is -2.15. The minimum absolute atomic E-state index is 0.192. The average molecular weight is 855 g/mol. The Morgan fingerprint density at radius 2 is 0.768 bits per heavy atom. The molecule has 0 aliphatic rings. The van der Waals surface area contributed by atoms with Crippen LogP contribution in [0.2, 0.25) is 0 Å². The number of hydrogen-bond acceptors (Lipinski definition) is 10. The normalized spacial score (nSPS) is 12.3. The van der Waals surface area contributed by atoms with Gasteiger partial charge in [0, 0.05) is 29.3 Å². The van der Waals surface area contributed by atoms with Gasteiger partial charge in [0.05, 0.1) is 46.8 Å². The molecular formula is C44H40O6P2S4. The smallest absolute Gasteiger partial charge is 0.305 e. The second-order valence-corrected chi connectivity index (χ2v) is 21.0. The first kappa shape index (κ1) is 39.3. The molecule has 0 bridgehead atoms. The van der Waals surface area contributed by atoms with Crippen molar-refractivity contribution in [3.05, 3.63) is 121 Å². The molecule has 56 heavy (non-hydrogen) atoms. The van der Waals surface area contributed by atoms with E-state index in [-0.39, 0.29) is 26.4 Å². The highest BCUT2D eigenvalue weighted by Crippen LogP contribution is 2.58. The molecule has 0 N–H and O–H groups in total. The second kappa shape index (κ2) is 16.8. The van der Waals surface area contributed by atoms with Crippen molar-refractivity contribution in [2.24, 2.45) is 0 Å². The van der Waals surface area contributed by atoms with Gasteiger partial charge in [-0.1, -0.05) is 84.9 Å². The summed E-state index contributed by atoms with van der Waals surface area (Å²) in [5.74, 6) is 0. The molecule has 0 spiro atoms. The maximum Gasteiger partial charge on any atom is 0.362 e. The highest BCUT2D eigenvalue weighted by Gasteiger charge is 2.39. The number of benzene rings is 4. The predicted octanol–water partition coefficient (Wildman–Crippen LogP) is 14.4. The summed E-state index contributed by atoms with van der Waals surface area (Å²) >= 11 is 6.35. The quantitative estimate of drug-likeness (QED) is 0.0957. The van der Waals surface area contributed by atoms with E-state index < -0.39 is 15.2 Å². The Balaban J connectivity index is 1.30. The summed E-state index contributed by atoms with van der Waals surface area (Å²) in [6.07, 6.45) is 0. The summed E-state index contributed by atoms with van der Waals surface area (Å²) in [5, 5.41) is 5.61. The summed E-state index contributed by atoms with van der Waals surface area (Å²) in [6, 6.07) is 41.9. The van der Waals surface area contributed by atoms with Gasteiger partial charge in [-0.3, -0.25) is 9.13 Å². The van der Waals surface area contributed by atoms with Crippen LogP contribution in [0.4, 0.5) is 0 Å². The lowest BCUT2D eigenvalue weighted by Gasteiger charge is -2.19. The standard InChI is InChI=1S/C44H40O6P2S4/c1-5-47-51(45,48-6-2)35-27-41(39-25-23-37(53-39)33-21-13-17-29-15-9-11-19-31(29)33)55-43(35)44-36(52(46,49-7-3)50-8-4)28-42(56-44)40-26-24-38(54-40)34-22-14-18-30-16-10-12-20-32(30)34/h9-28H,5-8H2,1-4H3. The molecule has 4 aromatic carbocycles. The maximum absolute atomic E-state index is 14.8. The van der Waals surface area contributed by atoms with Crippen LogP contribution >= 0.6 is 60.5 Å². The van der Waals surface area contributed by atoms with Gasteiger partial charge in [0.2, 0.25) is 0 Å². The molecule has 0 aliphatic carbocycles. The van der Waals surface area contributed by atoms with Gasteiger partial charge in [0.15, 0.2) is 0 Å². The molecule has 0 unspecified atom stereocenters. The van der Waals surface area contributed by atoms with Crippen molar-refractivity contribution in [2.75, 3.05) is 26.4 Å². The first-order valence-electron chi connectivity index (χ1n) is 18.5. The molecule has 0 saturated heterocycles. The van der Waals surface area contributed by atoms with Crippen LogP contribution in [0.5, 0.6) is 0 Å². The zero-order chi connectivity index (χ0) is 38.9. The molecule has 0 radical (unpaired) electrons. The van der Waals surface area contributed by atoms with Crippen LogP contribution in [0.25, 0.3) is 71.7 Å². The first-order valence-corrected chi connectivity index (χ1v) is 24.9. The van der Waals surface area contributed by atoms with E-state index >= 15 is 0 Å². The van der Waals surface area contributed by atoms with Crippen LogP contribution < -0.4 is 10.6 Å². The van der Waals surface area contributed by atoms with Crippen molar-refractivity contribution in [1.29, 1.82) is 0 Å². The lowest BCUT2D eigenvalue weighted by molar-refractivity contribution is 0.229. The summed E-state index contributed by atoms with van der Waals surface area (Å²) in [6.45, 7) is 8.01. The van der Waals surface area contributed by atoms with Crippen LogP contribution in [0.15, 0.2) is 121 Å². The van der Waals surface area contributed by atoms with Crippen molar-refractivity contribution in [3.8, 4) is 50.1 Å². The minimum Gasteiger partial charge on any atom is -0.305 e. The molecule has 286 valence electrons. The Hall–Kier alpha value is -3.50. The van der Waals surface area contributed by atoms with Gasteiger partial charge in [-0.25, -0.2) is 0 Å². The first-order chi connectivity index (χ1) is 27.3. The van der Waals surface area contributed by atoms with Gasteiger partial charge < -0.3 is 18.1 Å². The lowest BCUT2D eigenvalue weighted by atomic mass is 10.0. The monoisotopic (exact) mass is 854 g/mol. The van der Waals surface area contributed by atoms with Gasteiger partial charge in [0.1, 0.15) is 0 Å². The van der Waals surface area contributed by atoms with Gasteiger partial charge in [-0.05, 0) is 96.8 Å². The second-order valence-electron chi connectivity index (χ2n) is 12.7. The van der Waals surface area contributed by atoms with Gasteiger partial charge in [-0.2, -0.15) is 0 Å². The third kappa shape index (κ3) is 7.49. The Morgan fingerprint density at radius 1 is 0.411 bits per heavy atom. The fourth-order valence-corrected chi connectivity index (χ4v) is 16.0. The van der Waals surface area contributed by atoms with Crippen LogP contribution in [0, 0.1) is 0 Å². The highest BCUT2D eigenvalue weighted by atomic mass is 32.1. The molecule has 0 saturated carbocycles. The van der Waals surface area contributed by atoms with E-state index in [1.807, 2.05) is 39.8 Å². The van der Waals surface area contributed by atoms with Crippen LogP contribution in [-0.2, 0) is 27.2 Å². The number of hydrogen-bond donors (Lipinski definition) is 0. The molecule has 8 aromatic rings. The number of rotatable bonds is 15. The molecule has 12 heteroatoms. The van der Waals surface area contributed by atoms with Crippen molar-refractivity contribution in [1.82, 2.24) is 0 Å². The maximum atomic E-state index is 14.8. The van der Waals surface area contributed by atoms with Gasteiger partial charge in [-0.15, -0.1) is 45.3 Å². The van der Waals surface area contributed by atoms with Gasteiger partial charge >= 0.3 is 15.2 Å². The van der Waals surface area contributed by atoms with E-state index in [0.717, 1.165) is 40.4 Å². The predicted molar refractivity (Wildman–Crippen MR) is 241 cm³/mol. The third-order valence-electron chi connectivity index (χ3n) is 9.23. The summed E-state index contributed by atoms with van der Waals surface area (Å²) in [4.78, 5) is 7.43. The van der Waals surface area contributed by atoms with Crippen molar-refractivity contribution < 1.29 is 27.2 Å². The van der Waals surface area contributed by atoms with Crippen molar-refractivity contribution in [3.63, 3.8) is 0 Å². The van der Waals surface area contributed by atoms with E-state index in [1.54, 1.807) is 22.7 Å². The Labute approximate surface area is 343 Å². The van der Waals surface area contributed by atoms with E-state index in [2.05, 4.69) is 109 Å². The van der Waals surface area contributed by atoms with Crippen molar-refractivity contribution in [2.45, 2.75) is 27.7 Å². The van der Waals surface area contributed by atoms with Crippen molar-refractivity contribution >= 4 is 92.7 Å². The van der Waals surface area contributed by atoms with Crippen LogP contribution in [0.3, 0.4) is 0 Å². The molecule has 0 fully saturated rings. The third-order valence-corrected chi connectivity index (χ3v) is 18.9. The number of fused-ring (bicyclic) bond motifs is 2. The van der Waals surface area contributed by atoms with Crippen LogP contribution in [0.1, 0.15) is 27.7 Å². The number of thiophene rings is 4. The molecule has 0 aliphatic heterocycles. The molecule has 0 atom stereocenters. The van der Waals surface area contributed by atoms with Crippen LogP contribution in [-0.4, -0.2) is 26.4 Å². The largest absolute Gasteiger partial charge is 0.362 e. The minimum atomic E-state index is -3.83. The summed E-state index contributed by atoms with van der Waals surface area (Å²) in [7, 11) is -7.66. The Morgan fingerprint density at radius 3 is 1.16 bits per heavy atom. The van der Waals surface area contributed by atoms with E-state index in [4.69, 9.17) is 18.1 Å². The zero-order valence-electron chi connectivity index (χ0n) is 31.4. The zero-order valence-corrected chi connectivity index (χ0v) is 36.4. The molecular weight excluding hydrogens is 815 g/mol. The molecule has 4 aromatic heterocycles. The summed E-state index contributed by atoms with van der Waals surface area (Å²) < 4.78 is 53.7. The fourth-order valence-electron chi connectivity index (χ4n) is 6.88. The van der Waals surface area contributed by atoms with E-state index in [9.17, 15) is 9.13 Å². The topological polar surface area (TPSA) is 71.1 Å². The highest BCUT2D eigenvalue weighted by molar-refractivity contribution is 7.64. The van der Waals surface area contributed by atoms with E-state index in [1.165, 1.54) is 44.2 Å². The van der Waals surface area contributed by atoms with E-state index in [0.29, 0.717) is 20.4 Å².